The number of carbonyl (C=O) groups excluding carboxylic acids is 1. The van der Waals surface area contributed by atoms with Gasteiger partial charge < -0.3 is 14.6 Å². The van der Waals surface area contributed by atoms with E-state index in [1.807, 2.05) is 43.5 Å². The van der Waals surface area contributed by atoms with Gasteiger partial charge in [-0.3, -0.25) is 4.90 Å². The SMILES string of the molecule is CC(C)(C)OC(=O)N[C@@H]1CN(Cc2ccccc2)CC1n1ccc(F)c1. The average Bonchev–Trinajstić information content (AvgIpc) is 3.12. The monoisotopic (exact) mass is 359 g/mol. The number of likely N-dealkylation sites (tertiary alicyclic amines) is 1. The fraction of sp³-hybridized carbons (Fsp3) is 0.450. The normalized spacial score (nSPS) is 20.9. The van der Waals surface area contributed by atoms with Crippen LogP contribution in [-0.2, 0) is 11.3 Å². The number of hydrogen-bond donors (Lipinski definition) is 1. The Morgan fingerprint density at radius 3 is 2.58 bits per heavy atom. The lowest BCUT2D eigenvalue weighted by molar-refractivity contribution is 0.0497. The van der Waals surface area contributed by atoms with Gasteiger partial charge in [-0.05, 0) is 32.4 Å². The summed E-state index contributed by atoms with van der Waals surface area (Å²) in [6.07, 6.45) is 2.75. The Balaban J connectivity index is 1.72. The van der Waals surface area contributed by atoms with Crippen LogP contribution in [0.4, 0.5) is 9.18 Å². The van der Waals surface area contributed by atoms with Crippen LogP contribution >= 0.6 is 0 Å². The maximum absolute atomic E-state index is 13.5. The Bertz CT molecular complexity index is 739. The number of aromatic nitrogens is 1. The summed E-state index contributed by atoms with van der Waals surface area (Å²) >= 11 is 0. The van der Waals surface area contributed by atoms with Crippen LogP contribution in [0.25, 0.3) is 0 Å². The van der Waals surface area contributed by atoms with Crippen molar-refractivity contribution < 1.29 is 13.9 Å². The third kappa shape index (κ3) is 4.85. The largest absolute Gasteiger partial charge is 0.444 e. The predicted octanol–water partition coefficient (Wildman–Crippen LogP) is 3.58. The molecule has 3 rings (SSSR count). The second kappa shape index (κ2) is 7.50. The van der Waals surface area contributed by atoms with Crippen molar-refractivity contribution in [1.82, 2.24) is 14.8 Å². The molecule has 0 saturated carbocycles. The highest BCUT2D eigenvalue weighted by molar-refractivity contribution is 5.68. The summed E-state index contributed by atoms with van der Waals surface area (Å²) in [7, 11) is 0. The maximum Gasteiger partial charge on any atom is 0.407 e. The zero-order valence-corrected chi connectivity index (χ0v) is 15.5. The minimum absolute atomic E-state index is 0.0456. The number of alkyl carbamates (subject to hydrolysis) is 1. The minimum atomic E-state index is -0.554. The first-order chi connectivity index (χ1) is 12.3. The van der Waals surface area contributed by atoms with Crippen LogP contribution in [0.2, 0.25) is 0 Å². The van der Waals surface area contributed by atoms with Crippen LogP contribution in [0.1, 0.15) is 32.4 Å². The second-order valence-corrected chi connectivity index (χ2v) is 7.78. The van der Waals surface area contributed by atoms with E-state index in [1.165, 1.54) is 17.8 Å². The fourth-order valence-corrected chi connectivity index (χ4v) is 3.33. The van der Waals surface area contributed by atoms with Crippen molar-refractivity contribution in [2.24, 2.45) is 0 Å². The van der Waals surface area contributed by atoms with Gasteiger partial charge in [0, 0.05) is 32.0 Å². The van der Waals surface area contributed by atoms with Gasteiger partial charge in [-0.1, -0.05) is 30.3 Å². The number of amides is 1. The Hall–Kier alpha value is -2.34. The number of nitrogens with one attached hydrogen (secondary N) is 1. The Kier molecular flexibility index (Phi) is 5.32. The van der Waals surface area contributed by atoms with E-state index in [0.717, 1.165) is 13.1 Å². The van der Waals surface area contributed by atoms with E-state index in [9.17, 15) is 9.18 Å². The van der Waals surface area contributed by atoms with Crippen molar-refractivity contribution in [2.45, 2.75) is 45.0 Å². The molecular formula is C20H26FN3O2. The van der Waals surface area contributed by atoms with E-state index in [-0.39, 0.29) is 17.9 Å². The van der Waals surface area contributed by atoms with Gasteiger partial charge in [0.05, 0.1) is 12.1 Å². The molecule has 2 aromatic rings. The first kappa shape index (κ1) is 18.5. The third-order valence-corrected chi connectivity index (χ3v) is 4.38. The molecule has 1 unspecified atom stereocenters. The van der Waals surface area contributed by atoms with Crippen LogP contribution in [0, 0.1) is 5.82 Å². The molecule has 1 amide bonds. The van der Waals surface area contributed by atoms with Gasteiger partial charge >= 0.3 is 6.09 Å². The molecule has 6 heteroatoms. The molecule has 1 fully saturated rings. The number of carbonyl (C=O) groups is 1. The van der Waals surface area contributed by atoms with Crippen LogP contribution in [0.5, 0.6) is 0 Å². The smallest absolute Gasteiger partial charge is 0.407 e. The van der Waals surface area contributed by atoms with Crippen molar-refractivity contribution >= 4 is 6.09 Å². The summed E-state index contributed by atoms with van der Waals surface area (Å²) in [4.78, 5) is 14.5. The van der Waals surface area contributed by atoms with Gasteiger partial charge in [0.15, 0.2) is 0 Å². The zero-order valence-electron chi connectivity index (χ0n) is 15.5. The summed E-state index contributed by atoms with van der Waals surface area (Å²) in [5.41, 5.74) is 0.657. The maximum atomic E-state index is 13.5. The number of halogens is 1. The van der Waals surface area contributed by atoms with E-state index >= 15 is 0 Å². The van der Waals surface area contributed by atoms with Crippen LogP contribution in [0.15, 0.2) is 48.8 Å². The van der Waals surface area contributed by atoms with Crippen molar-refractivity contribution in [1.29, 1.82) is 0 Å². The first-order valence-electron chi connectivity index (χ1n) is 8.89. The fourth-order valence-electron chi connectivity index (χ4n) is 3.33. The van der Waals surface area contributed by atoms with E-state index in [0.29, 0.717) is 6.54 Å². The summed E-state index contributed by atoms with van der Waals surface area (Å²) in [5, 5.41) is 2.96. The Morgan fingerprint density at radius 1 is 1.23 bits per heavy atom. The predicted molar refractivity (Wildman–Crippen MR) is 98.3 cm³/mol. The molecule has 0 aliphatic carbocycles. The van der Waals surface area contributed by atoms with Gasteiger partial charge in [-0.25, -0.2) is 9.18 Å². The standard InChI is InChI=1S/C20H26FN3O2/c1-20(2,3)26-19(25)22-17-13-23(11-15-7-5-4-6-8-15)14-18(17)24-10-9-16(21)12-24/h4-10,12,17-18H,11,13-14H2,1-3H3,(H,22,25)/t17-,18?/m1/s1. The highest BCUT2D eigenvalue weighted by Gasteiger charge is 2.35. The highest BCUT2D eigenvalue weighted by atomic mass is 19.1. The molecule has 1 aromatic heterocycles. The molecular weight excluding hydrogens is 333 g/mol. The molecule has 0 radical (unpaired) electrons. The van der Waals surface area contributed by atoms with Gasteiger partial charge in [0.1, 0.15) is 11.4 Å². The van der Waals surface area contributed by atoms with Gasteiger partial charge in [-0.2, -0.15) is 0 Å². The number of ether oxygens (including phenoxy) is 1. The molecule has 2 heterocycles. The summed E-state index contributed by atoms with van der Waals surface area (Å²) in [6.45, 7) is 7.70. The van der Waals surface area contributed by atoms with E-state index in [2.05, 4.69) is 22.3 Å². The van der Waals surface area contributed by atoms with Crippen molar-refractivity contribution in [2.75, 3.05) is 13.1 Å². The summed E-state index contributed by atoms with van der Waals surface area (Å²) in [5.74, 6) is -0.275. The van der Waals surface area contributed by atoms with Gasteiger partial charge in [0.25, 0.3) is 0 Å². The van der Waals surface area contributed by atoms with Gasteiger partial charge in [-0.15, -0.1) is 0 Å². The van der Waals surface area contributed by atoms with Crippen LogP contribution in [-0.4, -0.2) is 40.3 Å². The van der Waals surface area contributed by atoms with Crippen molar-refractivity contribution in [3.63, 3.8) is 0 Å². The number of rotatable bonds is 4. The summed E-state index contributed by atoms with van der Waals surface area (Å²) in [6, 6.07) is 11.4. The molecule has 1 aromatic carbocycles. The number of nitrogens with zero attached hydrogens (tertiary/aromatic N) is 2. The van der Waals surface area contributed by atoms with Crippen molar-refractivity contribution in [3.8, 4) is 0 Å². The Labute approximate surface area is 153 Å². The molecule has 1 saturated heterocycles. The molecule has 5 nitrogen and oxygen atoms in total. The molecule has 1 aliphatic heterocycles. The highest BCUT2D eigenvalue weighted by Crippen LogP contribution is 2.25. The van der Waals surface area contributed by atoms with Crippen LogP contribution in [0.3, 0.4) is 0 Å². The molecule has 0 bridgehead atoms. The Morgan fingerprint density at radius 2 is 1.96 bits per heavy atom. The average molecular weight is 359 g/mol. The first-order valence-corrected chi connectivity index (χ1v) is 8.89. The van der Waals surface area contributed by atoms with E-state index in [1.54, 1.807) is 6.20 Å². The minimum Gasteiger partial charge on any atom is -0.444 e. The second-order valence-electron chi connectivity index (χ2n) is 7.78. The van der Waals surface area contributed by atoms with E-state index < -0.39 is 11.7 Å². The molecule has 26 heavy (non-hydrogen) atoms. The third-order valence-electron chi connectivity index (χ3n) is 4.38. The lowest BCUT2D eigenvalue weighted by Crippen LogP contribution is -2.43. The lowest BCUT2D eigenvalue weighted by Gasteiger charge is -2.24. The van der Waals surface area contributed by atoms with Gasteiger partial charge in [0.2, 0.25) is 0 Å². The molecule has 2 atom stereocenters. The quantitative estimate of drug-likeness (QED) is 0.908. The lowest BCUT2D eigenvalue weighted by atomic mass is 10.1. The molecule has 1 N–H and O–H groups in total. The van der Waals surface area contributed by atoms with Crippen molar-refractivity contribution in [3.05, 3.63) is 60.2 Å². The molecule has 140 valence electrons. The molecule has 0 spiro atoms. The van der Waals surface area contributed by atoms with Crippen LogP contribution < -0.4 is 5.32 Å². The zero-order chi connectivity index (χ0) is 18.7. The molecule has 1 aliphatic rings. The number of benzene rings is 1. The topological polar surface area (TPSA) is 46.5 Å². The summed E-state index contributed by atoms with van der Waals surface area (Å²) < 4.78 is 20.7. The van der Waals surface area contributed by atoms with E-state index in [4.69, 9.17) is 4.74 Å². The number of hydrogen-bond acceptors (Lipinski definition) is 3.